The summed E-state index contributed by atoms with van der Waals surface area (Å²) in [5.41, 5.74) is 0.545. The van der Waals surface area contributed by atoms with Crippen LogP contribution >= 0.6 is 11.8 Å². The lowest BCUT2D eigenvalue weighted by Gasteiger charge is -2.05. The molecule has 1 amide bonds. The van der Waals surface area contributed by atoms with E-state index in [0.29, 0.717) is 12.5 Å². The Balaban J connectivity index is 2.20. The molecule has 0 spiro atoms. The second-order valence-corrected chi connectivity index (χ2v) is 6.67. The number of amides is 1. The van der Waals surface area contributed by atoms with Gasteiger partial charge in [-0.05, 0) is 16.7 Å². The molecule has 98 valence electrons. The number of carboxylic acid groups (broad SMARTS) is 1. The second-order valence-electron chi connectivity index (χ2n) is 5.69. The summed E-state index contributed by atoms with van der Waals surface area (Å²) in [6, 6.07) is 0. The Morgan fingerprint density at radius 1 is 1.18 bits per heavy atom. The molecule has 5 heteroatoms. The zero-order valence-electron chi connectivity index (χ0n) is 10.9. The van der Waals surface area contributed by atoms with Gasteiger partial charge in [-0.3, -0.25) is 9.59 Å². The third-order valence-corrected chi connectivity index (χ3v) is 5.20. The number of carboxylic acids is 1. The highest BCUT2D eigenvalue weighted by atomic mass is 32.2. The van der Waals surface area contributed by atoms with Gasteiger partial charge in [-0.15, -0.1) is 11.8 Å². The molecule has 1 saturated carbocycles. The van der Waals surface area contributed by atoms with Crippen LogP contribution in [0.1, 0.15) is 27.7 Å². The number of rotatable bonds is 6. The quantitative estimate of drug-likeness (QED) is 0.760. The summed E-state index contributed by atoms with van der Waals surface area (Å²) in [6.45, 7) is 9.53. The molecule has 0 heterocycles. The van der Waals surface area contributed by atoms with Crippen LogP contribution in [0.3, 0.4) is 0 Å². The summed E-state index contributed by atoms with van der Waals surface area (Å²) in [5, 5.41) is 11.3. The molecule has 0 aromatic rings. The van der Waals surface area contributed by atoms with Gasteiger partial charge in [0, 0.05) is 6.54 Å². The van der Waals surface area contributed by atoms with Gasteiger partial charge in [0.2, 0.25) is 5.91 Å². The van der Waals surface area contributed by atoms with Crippen molar-refractivity contribution in [2.45, 2.75) is 27.7 Å². The van der Waals surface area contributed by atoms with Crippen molar-refractivity contribution in [3.05, 3.63) is 0 Å². The van der Waals surface area contributed by atoms with Crippen molar-refractivity contribution in [1.82, 2.24) is 5.32 Å². The first-order valence-corrected chi connectivity index (χ1v) is 6.91. The summed E-state index contributed by atoms with van der Waals surface area (Å²) >= 11 is 1.13. The maximum Gasteiger partial charge on any atom is 0.313 e. The van der Waals surface area contributed by atoms with Crippen LogP contribution in [0.4, 0.5) is 0 Å². The normalized spacial score (nSPS) is 20.9. The third-order valence-electron chi connectivity index (χ3n) is 4.28. The highest BCUT2D eigenvalue weighted by molar-refractivity contribution is 8.00. The second kappa shape index (κ2) is 4.88. The number of hydrogen-bond donors (Lipinski definition) is 2. The molecule has 1 aliphatic rings. The molecule has 0 saturated heterocycles. The molecule has 0 radical (unpaired) electrons. The fourth-order valence-electron chi connectivity index (χ4n) is 2.34. The fourth-order valence-corrected chi connectivity index (χ4v) is 2.91. The minimum atomic E-state index is -0.882. The molecule has 0 atom stereocenters. The van der Waals surface area contributed by atoms with Gasteiger partial charge in [0.15, 0.2) is 0 Å². The molecule has 0 bridgehead atoms. The number of carbonyl (C=O) groups excluding carboxylic acids is 1. The minimum Gasteiger partial charge on any atom is -0.481 e. The predicted molar refractivity (Wildman–Crippen MR) is 69.0 cm³/mol. The molecule has 1 fully saturated rings. The highest BCUT2D eigenvalue weighted by Crippen LogP contribution is 2.67. The average molecular weight is 259 g/mol. The number of aliphatic carboxylic acids is 1. The van der Waals surface area contributed by atoms with Gasteiger partial charge in [0.1, 0.15) is 0 Å². The van der Waals surface area contributed by atoms with Gasteiger partial charge >= 0.3 is 5.97 Å². The zero-order valence-corrected chi connectivity index (χ0v) is 11.7. The Hall–Kier alpha value is -0.710. The maximum absolute atomic E-state index is 11.5. The summed E-state index contributed by atoms with van der Waals surface area (Å²) in [6.07, 6.45) is 0. The Kier molecular flexibility index (Phi) is 4.12. The Bertz CT molecular complexity index is 312. The molecule has 0 aliphatic heterocycles. The van der Waals surface area contributed by atoms with Gasteiger partial charge in [-0.25, -0.2) is 0 Å². The van der Waals surface area contributed by atoms with Crippen LogP contribution < -0.4 is 5.32 Å². The summed E-state index contributed by atoms with van der Waals surface area (Å²) in [7, 11) is 0. The molecule has 1 aliphatic carbocycles. The van der Waals surface area contributed by atoms with Crippen molar-refractivity contribution in [3.8, 4) is 0 Å². The van der Waals surface area contributed by atoms with Crippen LogP contribution in [0, 0.1) is 16.7 Å². The number of hydrogen-bond acceptors (Lipinski definition) is 3. The Morgan fingerprint density at radius 3 is 2.12 bits per heavy atom. The molecule has 0 aromatic carbocycles. The summed E-state index contributed by atoms with van der Waals surface area (Å²) in [4.78, 5) is 21.7. The zero-order chi connectivity index (χ0) is 13.3. The number of nitrogens with one attached hydrogen (secondary N) is 1. The lowest BCUT2D eigenvalue weighted by Crippen LogP contribution is -2.29. The Morgan fingerprint density at radius 2 is 1.71 bits per heavy atom. The lowest BCUT2D eigenvalue weighted by molar-refractivity contribution is -0.133. The standard InChI is InChI=1S/C12H21NO3S/c1-11(2)8(12(11,3)4)5-13-9(14)6-17-7-10(15)16/h8H,5-7H2,1-4H3,(H,13,14)(H,15,16). The average Bonchev–Trinajstić information content (AvgIpc) is 2.54. The molecule has 1 rings (SSSR count). The lowest BCUT2D eigenvalue weighted by atomic mass is 10.0. The number of carbonyl (C=O) groups is 2. The van der Waals surface area contributed by atoms with Gasteiger partial charge < -0.3 is 10.4 Å². The Labute approximate surface area is 107 Å². The monoisotopic (exact) mass is 259 g/mol. The van der Waals surface area contributed by atoms with Crippen LogP contribution in [0.25, 0.3) is 0 Å². The fraction of sp³-hybridized carbons (Fsp3) is 0.833. The molecular weight excluding hydrogens is 238 g/mol. The largest absolute Gasteiger partial charge is 0.481 e. The van der Waals surface area contributed by atoms with E-state index in [1.54, 1.807) is 0 Å². The van der Waals surface area contributed by atoms with Gasteiger partial charge in [-0.1, -0.05) is 27.7 Å². The van der Waals surface area contributed by atoms with Crippen molar-refractivity contribution in [2.75, 3.05) is 18.1 Å². The molecule has 0 aromatic heterocycles. The van der Waals surface area contributed by atoms with Crippen LogP contribution in [0.15, 0.2) is 0 Å². The van der Waals surface area contributed by atoms with E-state index in [0.717, 1.165) is 11.8 Å². The predicted octanol–water partition coefficient (Wildman–Crippen LogP) is 1.60. The maximum atomic E-state index is 11.5. The van der Waals surface area contributed by atoms with Crippen molar-refractivity contribution in [2.24, 2.45) is 16.7 Å². The summed E-state index contributed by atoms with van der Waals surface area (Å²) in [5.74, 6) is -0.251. The summed E-state index contributed by atoms with van der Waals surface area (Å²) < 4.78 is 0. The molecular formula is C12H21NO3S. The molecule has 17 heavy (non-hydrogen) atoms. The van der Waals surface area contributed by atoms with E-state index in [2.05, 4.69) is 33.0 Å². The SMILES string of the molecule is CC1(C)C(CNC(=O)CSCC(=O)O)C1(C)C. The molecule has 2 N–H and O–H groups in total. The first-order valence-electron chi connectivity index (χ1n) is 5.76. The van der Waals surface area contributed by atoms with Crippen LogP contribution in [0.5, 0.6) is 0 Å². The smallest absolute Gasteiger partial charge is 0.313 e. The van der Waals surface area contributed by atoms with Crippen LogP contribution in [0.2, 0.25) is 0 Å². The van der Waals surface area contributed by atoms with Crippen LogP contribution in [-0.4, -0.2) is 35.0 Å². The van der Waals surface area contributed by atoms with Gasteiger partial charge in [0.05, 0.1) is 11.5 Å². The van der Waals surface area contributed by atoms with E-state index in [9.17, 15) is 9.59 Å². The van der Waals surface area contributed by atoms with Crippen LogP contribution in [-0.2, 0) is 9.59 Å². The first-order chi connectivity index (χ1) is 7.69. The van der Waals surface area contributed by atoms with E-state index >= 15 is 0 Å². The number of thioether (sulfide) groups is 1. The van der Waals surface area contributed by atoms with Gasteiger partial charge in [-0.2, -0.15) is 0 Å². The van der Waals surface area contributed by atoms with E-state index in [1.807, 2.05) is 0 Å². The van der Waals surface area contributed by atoms with E-state index in [1.165, 1.54) is 0 Å². The molecule has 0 unspecified atom stereocenters. The van der Waals surface area contributed by atoms with E-state index < -0.39 is 5.97 Å². The highest BCUT2D eigenvalue weighted by Gasteiger charge is 2.64. The topological polar surface area (TPSA) is 66.4 Å². The van der Waals surface area contributed by atoms with E-state index in [-0.39, 0.29) is 28.2 Å². The van der Waals surface area contributed by atoms with Gasteiger partial charge in [0.25, 0.3) is 0 Å². The van der Waals surface area contributed by atoms with E-state index in [4.69, 9.17) is 5.11 Å². The van der Waals surface area contributed by atoms with Crippen molar-refractivity contribution in [3.63, 3.8) is 0 Å². The minimum absolute atomic E-state index is 0.0200. The first kappa shape index (κ1) is 14.4. The van der Waals surface area contributed by atoms with Crippen molar-refractivity contribution < 1.29 is 14.7 Å². The molecule has 4 nitrogen and oxygen atoms in total. The van der Waals surface area contributed by atoms with Crippen molar-refractivity contribution in [1.29, 1.82) is 0 Å². The van der Waals surface area contributed by atoms with Crippen molar-refractivity contribution >= 4 is 23.6 Å². The third kappa shape index (κ3) is 3.15.